The minimum Gasteiger partial charge on any atom is -0.496 e. The number of carbonyl (C=O) groups is 1. The molecule has 4 heteroatoms. The van der Waals surface area contributed by atoms with Gasteiger partial charge in [-0.2, -0.15) is 0 Å². The summed E-state index contributed by atoms with van der Waals surface area (Å²) < 4.78 is 5.41. The summed E-state index contributed by atoms with van der Waals surface area (Å²) >= 11 is 0. The molecule has 2 fully saturated rings. The van der Waals surface area contributed by atoms with Gasteiger partial charge >= 0.3 is 0 Å². The van der Waals surface area contributed by atoms with Crippen LogP contribution in [0.5, 0.6) is 5.75 Å². The fourth-order valence-electron chi connectivity index (χ4n) is 3.28. The molecule has 2 N–H and O–H groups in total. The van der Waals surface area contributed by atoms with E-state index in [1.807, 2.05) is 29.2 Å². The Morgan fingerprint density at radius 2 is 2.00 bits per heavy atom. The molecule has 21 heavy (non-hydrogen) atoms. The molecule has 0 aromatic heterocycles. The van der Waals surface area contributed by atoms with Crippen LogP contribution in [0, 0.1) is 0 Å². The fraction of sp³-hybridized carbons (Fsp3) is 0.588. The number of amides is 1. The summed E-state index contributed by atoms with van der Waals surface area (Å²) in [6.07, 6.45) is 5.96. The molecule has 1 aromatic carbocycles. The van der Waals surface area contributed by atoms with Crippen LogP contribution in [0.2, 0.25) is 0 Å². The largest absolute Gasteiger partial charge is 0.496 e. The number of ether oxygens (including phenoxy) is 1. The van der Waals surface area contributed by atoms with E-state index in [1.54, 1.807) is 7.11 Å². The predicted octanol–water partition coefficient (Wildman–Crippen LogP) is 2.46. The SMILES string of the molecule is COc1ccccc1CN(C(=O)C1(N)CCCC1)C1CC1. The summed E-state index contributed by atoms with van der Waals surface area (Å²) in [4.78, 5) is 14.9. The zero-order valence-electron chi connectivity index (χ0n) is 12.7. The number of rotatable bonds is 5. The summed E-state index contributed by atoms with van der Waals surface area (Å²) in [5.74, 6) is 0.974. The lowest BCUT2D eigenvalue weighted by atomic mass is 9.96. The van der Waals surface area contributed by atoms with Crippen LogP contribution in [0.3, 0.4) is 0 Å². The number of hydrogen-bond acceptors (Lipinski definition) is 3. The van der Waals surface area contributed by atoms with Crippen molar-refractivity contribution < 1.29 is 9.53 Å². The fourth-order valence-corrected chi connectivity index (χ4v) is 3.28. The third kappa shape index (κ3) is 2.91. The van der Waals surface area contributed by atoms with Crippen molar-refractivity contribution in [3.05, 3.63) is 29.8 Å². The molecule has 1 aromatic rings. The molecule has 0 spiro atoms. The van der Waals surface area contributed by atoms with Crippen LogP contribution >= 0.6 is 0 Å². The topological polar surface area (TPSA) is 55.6 Å². The maximum atomic E-state index is 12.9. The molecule has 0 saturated heterocycles. The van der Waals surface area contributed by atoms with E-state index in [1.165, 1.54) is 0 Å². The van der Waals surface area contributed by atoms with Gasteiger partial charge in [0.2, 0.25) is 5.91 Å². The second-order valence-electron chi connectivity index (χ2n) is 6.34. The van der Waals surface area contributed by atoms with Gasteiger partial charge < -0.3 is 15.4 Å². The third-order valence-electron chi connectivity index (χ3n) is 4.70. The normalized spacial score (nSPS) is 20.3. The molecule has 0 bridgehead atoms. The summed E-state index contributed by atoms with van der Waals surface area (Å²) in [6.45, 7) is 0.604. The van der Waals surface area contributed by atoms with Crippen LogP contribution < -0.4 is 10.5 Å². The molecule has 114 valence electrons. The molecule has 4 nitrogen and oxygen atoms in total. The Hall–Kier alpha value is -1.55. The Kier molecular flexibility index (Phi) is 3.89. The molecule has 2 aliphatic carbocycles. The van der Waals surface area contributed by atoms with Gasteiger partial charge in [0.25, 0.3) is 0 Å². The van der Waals surface area contributed by atoms with Gasteiger partial charge in [-0.05, 0) is 31.7 Å². The Labute approximate surface area is 126 Å². The van der Waals surface area contributed by atoms with E-state index in [2.05, 4.69) is 0 Å². The van der Waals surface area contributed by atoms with Crippen LogP contribution in [-0.2, 0) is 11.3 Å². The number of hydrogen-bond donors (Lipinski definition) is 1. The first-order valence-electron chi connectivity index (χ1n) is 7.86. The number of para-hydroxylation sites is 1. The molecule has 1 amide bonds. The van der Waals surface area contributed by atoms with E-state index >= 15 is 0 Å². The molecule has 0 radical (unpaired) electrons. The molecule has 0 heterocycles. The molecule has 0 atom stereocenters. The van der Waals surface area contributed by atoms with E-state index in [-0.39, 0.29) is 5.91 Å². The maximum absolute atomic E-state index is 12.9. The lowest BCUT2D eigenvalue weighted by Crippen LogP contribution is -2.54. The van der Waals surface area contributed by atoms with E-state index in [0.717, 1.165) is 49.8 Å². The first-order valence-corrected chi connectivity index (χ1v) is 7.86. The molecule has 2 aliphatic rings. The second-order valence-corrected chi connectivity index (χ2v) is 6.34. The first-order chi connectivity index (χ1) is 10.1. The highest BCUT2D eigenvalue weighted by Crippen LogP contribution is 2.36. The van der Waals surface area contributed by atoms with Gasteiger partial charge in [-0.3, -0.25) is 4.79 Å². The van der Waals surface area contributed by atoms with E-state index < -0.39 is 5.54 Å². The Morgan fingerprint density at radius 3 is 2.62 bits per heavy atom. The highest BCUT2D eigenvalue weighted by atomic mass is 16.5. The monoisotopic (exact) mass is 288 g/mol. The number of benzene rings is 1. The standard InChI is InChI=1S/C17H24N2O2/c1-21-15-7-3-2-6-13(15)12-19(14-8-9-14)16(20)17(18)10-4-5-11-17/h2-3,6-7,14H,4-5,8-12,18H2,1H3. The minimum atomic E-state index is -0.634. The van der Waals surface area contributed by atoms with Crippen molar-refractivity contribution in [1.29, 1.82) is 0 Å². The van der Waals surface area contributed by atoms with Crippen LogP contribution in [0.1, 0.15) is 44.1 Å². The number of nitrogens with two attached hydrogens (primary N) is 1. The van der Waals surface area contributed by atoms with Crippen molar-refractivity contribution in [1.82, 2.24) is 4.90 Å². The van der Waals surface area contributed by atoms with E-state index in [9.17, 15) is 4.79 Å². The maximum Gasteiger partial charge on any atom is 0.243 e. The predicted molar refractivity (Wildman–Crippen MR) is 82.0 cm³/mol. The van der Waals surface area contributed by atoms with Crippen molar-refractivity contribution >= 4 is 5.91 Å². The van der Waals surface area contributed by atoms with Crippen molar-refractivity contribution in [2.75, 3.05) is 7.11 Å². The Bertz CT molecular complexity index is 519. The number of carbonyl (C=O) groups excluding carboxylic acids is 1. The van der Waals surface area contributed by atoms with Crippen LogP contribution in [-0.4, -0.2) is 29.5 Å². The summed E-state index contributed by atoms with van der Waals surface area (Å²) in [5.41, 5.74) is 6.79. The number of nitrogens with zero attached hydrogens (tertiary/aromatic N) is 1. The average molecular weight is 288 g/mol. The van der Waals surface area contributed by atoms with Gasteiger partial charge in [-0.25, -0.2) is 0 Å². The van der Waals surface area contributed by atoms with Gasteiger partial charge in [0, 0.05) is 18.2 Å². The zero-order chi connectivity index (χ0) is 14.9. The van der Waals surface area contributed by atoms with Gasteiger partial charge in [0.15, 0.2) is 0 Å². The van der Waals surface area contributed by atoms with E-state index in [0.29, 0.717) is 12.6 Å². The Morgan fingerprint density at radius 1 is 1.33 bits per heavy atom. The third-order valence-corrected chi connectivity index (χ3v) is 4.70. The lowest BCUT2D eigenvalue weighted by molar-refractivity contribution is -0.138. The summed E-state index contributed by atoms with van der Waals surface area (Å²) in [7, 11) is 1.67. The Balaban J connectivity index is 1.80. The van der Waals surface area contributed by atoms with Crippen molar-refractivity contribution in [3.63, 3.8) is 0 Å². The number of methoxy groups -OCH3 is 1. The van der Waals surface area contributed by atoms with Crippen LogP contribution in [0.15, 0.2) is 24.3 Å². The zero-order valence-corrected chi connectivity index (χ0v) is 12.7. The molecule has 0 unspecified atom stereocenters. The summed E-state index contributed by atoms with van der Waals surface area (Å²) in [5, 5.41) is 0. The van der Waals surface area contributed by atoms with Gasteiger partial charge in [-0.1, -0.05) is 31.0 Å². The highest BCUT2D eigenvalue weighted by molar-refractivity contribution is 5.87. The van der Waals surface area contributed by atoms with Gasteiger partial charge in [0.05, 0.1) is 12.6 Å². The average Bonchev–Trinajstić information content (AvgIpc) is 3.25. The smallest absolute Gasteiger partial charge is 0.243 e. The van der Waals surface area contributed by atoms with Crippen molar-refractivity contribution in [3.8, 4) is 5.75 Å². The summed E-state index contributed by atoms with van der Waals surface area (Å²) in [6, 6.07) is 8.27. The van der Waals surface area contributed by atoms with E-state index in [4.69, 9.17) is 10.5 Å². The molecular weight excluding hydrogens is 264 g/mol. The first kappa shape index (κ1) is 14.4. The van der Waals surface area contributed by atoms with Gasteiger partial charge in [0.1, 0.15) is 5.75 Å². The minimum absolute atomic E-state index is 0.133. The van der Waals surface area contributed by atoms with Crippen molar-refractivity contribution in [2.24, 2.45) is 5.73 Å². The quantitative estimate of drug-likeness (QED) is 0.905. The van der Waals surface area contributed by atoms with Crippen LogP contribution in [0.4, 0.5) is 0 Å². The van der Waals surface area contributed by atoms with Crippen LogP contribution in [0.25, 0.3) is 0 Å². The molecule has 3 rings (SSSR count). The molecule has 0 aliphatic heterocycles. The van der Waals surface area contributed by atoms with Crippen molar-refractivity contribution in [2.45, 2.75) is 56.7 Å². The highest BCUT2D eigenvalue weighted by Gasteiger charge is 2.44. The molecule has 2 saturated carbocycles. The van der Waals surface area contributed by atoms with Gasteiger partial charge in [-0.15, -0.1) is 0 Å². The lowest BCUT2D eigenvalue weighted by Gasteiger charge is -2.32. The molecular formula is C17H24N2O2. The second kappa shape index (κ2) is 5.68.